The molecule has 7 nitrogen and oxygen atoms in total. The van der Waals surface area contributed by atoms with E-state index >= 15 is 0 Å². The van der Waals surface area contributed by atoms with Crippen molar-refractivity contribution in [2.24, 2.45) is 0 Å². The molecule has 26 heavy (non-hydrogen) atoms. The predicted molar refractivity (Wildman–Crippen MR) is 94.4 cm³/mol. The number of carbonyl (C=O) groups excluding carboxylic acids is 3. The summed E-state index contributed by atoms with van der Waals surface area (Å²) in [5.74, 6) is -1.27. The maximum Gasteiger partial charge on any atom is 0.344 e. The number of nitrogens with one attached hydrogen (secondary N) is 2. The molecule has 0 aliphatic rings. The molecule has 0 fully saturated rings. The van der Waals surface area contributed by atoms with Crippen LogP contribution in [0.2, 0.25) is 0 Å². The van der Waals surface area contributed by atoms with Crippen LogP contribution in [0.3, 0.4) is 0 Å². The highest BCUT2D eigenvalue weighted by atomic mass is 16.6. The first kappa shape index (κ1) is 19.0. The van der Waals surface area contributed by atoms with Gasteiger partial charge in [0.25, 0.3) is 11.8 Å². The second-order valence-corrected chi connectivity index (χ2v) is 5.56. The lowest BCUT2D eigenvalue weighted by Crippen LogP contribution is -2.43. The number of benzene rings is 2. The SMILES string of the molecule is Cc1ccc(OCC(=O)OCC(=O)NNC(=O)c2ccccc2)cc1C. The van der Waals surface area contributed by atoms with E-state index in [-0.39, 0.29) is 6.61 Å². The highest BCUT2D eigenvalue weighted by Crippen LogP contribution is 2.16. The normalized spacial score (nSPS) is 9.92. The molecule has 7 heteroatoms. The zero-order valence-electron chi connectivity index (χ0n) is 14.6. The van der Waals surface area contributed by atoms with Crippen LogP contribution in [0.1, 0.15) is 21.5 Å². The average Bonchev–Trinajstić information content (AvgIpc) is 2.66. The van der Waals surface area contributed by atoms with Crippen LogP contribution in [0.4, 0.5) is 0 Å². The van der Waals surface area contributed by atoms with E-state index in [9.17, 15) is 14.4 Å². The number of esters is 1. The Morgan fingerprint density at radius 2 is 1.62 bits per heavy atom. The molecule has 136 valence electrons. The molecule has 2 N–H and O–H groups in total. The largest absolute Gasteiger partial charge is 0.482 e. The topological polar surface area (TPSA) is 93.7 Å². The minimum Gasteiger partial charge on any atom is -0.482 e. The first-order valence-electron chi connectivity index (χ1n) is 7.95. The Hall–Kier alpha value is -3.35. The molecule has 0 aromatic heterocycles. The van der Waals surface area contributed by atoms with Gasteiger partial charge in [0.1, 0.15) is 5.75 Å². The van der Waals surface area contributed by atoms with Crippen LogP contribution < -0.4 is 15.6 Å². The molecule has 0 aliphatic heterocycles. The van der Waals surface area contributed by atoms with Gasteiger partial charge < -0.3 is 9.47 Å². The number of amides is 2. The lowest BCUT2D eigenvalue weighted by molar-refractivity contribution is -0.150. The summed E-state index contributed by atoms with van der Waals surface area (Å²) in [6.45, 7) is 3.08. The molecule has 0 aliphatic carbocycles. The fourth-order valence-corrected chi connectivity index (χ4v) is 1.96. The Morgan fingerprint density at radius 3 is 2.31 bits per heavy atom. The van der Waals surface area contributed by atoms with E-state index < -0.39 is 24.4 Å². The van der Waals surface area contributed by atoms with Crippen molar-refractivity contribution in [2.45, 2.75) is 13.8 Å². The van der Waals surface area contributed by atoms with Gasteiger partial charge in [-0.3, -0.25) is 20.4 Å². The molecule has 0 atom stereocenters. The third-order valence-electron chi connectivity index (χ3n) is 3.55. The van der Waals surface area contributed by atoms with Crippen LogP contribution in [0, 0.1) is 13.8 Å². The molecule has 2 aromatic rings. The molecular weight excluding hydrogens is 336 g/mol. The summed E-state index contributed by atoms with van der Waals surface area (Å²) < 4.78 is 10.1. The van der Waals surface area contributed by atoms with E-state index in [2.05, 4.69) is 10.9 Å². The highest BCUT2D eigenvalue weighted by molar-refractivity contribution is 5.95. The second-order valence-electron chi connectivity index (χ2n) is 5.56. The van der Waals surface area contributed by atoms with E-state index in [1.807, 2.05) is 26.0 Å². The molecule has 0 bridgehead atoms. The van der Waals surface area contributed by atoms with Crippen molar-refractivity contribution >= 4 is 17.8 Å². The Kier molecular flexibility index (Phi) is 6.73. The van der Waals surface area contributed by atoms with Crippen LogP contribution in [0.5, 0.6) is 5.75 Å². The summed E-state index contributed by atoms with van der Waals surface area (Å²) in [6, 6.07) is 13.8. The molecule has 2 rings (SSSR count). The lowest BCUT2D eigenvalue weighted by atomic mass is 10.1. The van der Waals surface area contributed by atoms with Gasteiger partial charge in [-0.15, -0.1) is 0 Å². The van der Waals surface area contributed by atoms with E-state index in [4.69, 9.17) is 9.47 Å². The average molecular weight is 356 g/mol. The summed E-state index contributed by atoms with van der Waals surface area (Å²) in [5.41, 5.74) is 6.96. The van der Waals surface area contributed by atoms with Gasteiger partial charge in [-0.1, -0.05) is 24.3 Å². The zero-order chi connectivity index (χ0) is 18.9. The first-order valence-corrected chi connectivity index (χ1v) is 7.95. The summed E-state index contributed by atoms with van der Waals surface area (Å²) >= 11 is 0. The predicted octanol–water partition coefficient (Wildman–Crippen LogP) is 1.69. The van der Waals surface area contributed by atoms with Gasteiger partial charge in [0.05, 0.1) is 0 Å². The Labute approximate surface area is 151 Å². The monoisotopic (exact) mass is 356 g/mol. The molecule has 0 spiro atoms. The van der Waals surface area contributed by atoms with Crippen molar-refractivity contribution in [3.63, 3.8) is 0 Å². The summed E-state index contributed by atoms with van der Waals surface area (Å²) in [5, 5.41) is 0. The molecule has 0 heterocycles. The number of aryl methyl sites for hydroxylation is 2. The van der Waals surface area contributed by atoms with Gasteiger partial charge >= 0.3 is 5.97 Å². The molecule has 2 aromatic carbocycles. The second kappa shape index (κ2) is 9.22. The van der Waals surface area contributed by atoms with Crippen molar-refractivity contribution in [3.8, 4) is 5.75 Å². The number of ether oxygens (including phenoxy) is 2. The quantitative estimate of drug-likeness (QED) is 0.607. The Bertz CT molecular complexity index is 790. The van der Waals surface area contributed by atoms with E-state index in [1.54, 1.807) is 36.4 Å². The first-order chi connectivity index (χ1) is 12.5. The van der Waals surface area contributed by atoms with Gasteiger partial charge in [-0.05, 0) is 49.2 Å². The molecule has 0 unspecified atom stereocenters. The number of rotatable bonds is 6. The lowest BCUT2D eigenvalue weighted by Gasteiger charge is -2.09. The third kappa shape index (κ3) is 5.94. The van der Waals surface area contributed by atoms with Gasteiger partial charge in [0.15, 0.2) is 13.2 Å². The van der Waals surface area contributed by atoms with Crippen molar-refractivity contribution in [1.82, 2.24) is 10.9 Å². The smallest absolute Gasteiger partial charge is 0.344 e. The Balaban J connectivity index is 1.67. The molecule has 0 radical (unpaired) electrons. The third-order valence-corrected chi connectivity index (χ3v) is 3.55. The van der Waals surface area contributed by atoms with Crippen LogP contribution in [-0.4, -0.2) is 31.0 Å². The van der Waals surface area contributed by atoms with Gasteiger partial charge in [-0.25, -0.2) is 4.79 Å². The van der Waals surface area contributed by atoms with Crippen LogP contribution in [0.15, 0.2) is 48.5 Å². The number of hydrazine groups is 1. The van der Waals surface area contributed by atoms with Crippen molar-refractivity contribution in [2.75, 3.05) is 13.2 Å². The minimum atomic E-state index is -0.687. The van der Waals surface area contributed by atoms with Crippen molar-refractivity contribution in [1.29, 1.82) is 0 Å². The zero-order valence-corrected chi connectivity index (χ0v) is 14.6. The van der Waals surface area contributed by atoms with Gasteiger partial charge in [-0.2, -0.15) is 0 Å². The molecule has 0 saturated carbocycles. The minimum absolute atomic E-state index is 0.313. The fourth-order valence-electron chi connectivity index (χ4n) is 1.96. The fraction of sp³-hybridized carbons (Fsp3) is 0.211. The highest BCUT2D eigenvalue weighted by Gasteiger charge is 2.10. The van der Waals surface area contributed by atoms with E-state index in [0.29, 0.717) is 11.3 Å². The Morgan fingerprint density at radius 1 is 0.885 bits per heavy atom. The van der Waals surface area contributed by atoms with Gasteiger partial charge in [0, 0.05) is 5.56 Å². The standard InChI is InChI=1S/C19H20N2O5/c1-13-8-9-16(10-14(13)2)25-12-18(23)26-11-17(22)20-21-19(24)15-6-4-3-5-7-15/h3-10H,11-12H2,1-2H3,(H,20,22)(H,21,24). The van der Waals surface area contributed by atoms with Crippen molar-refractivity contribution < 1.29 is 23.9 Å². The molecule has 0 saturated heterocycles. The number of carbonyl (C=O) groups is 3. The van der Waals surface area contributed by atoms with E-state index in [1.165, 1.54) is 0 Å². The summed E-state index contributed by atoms with van der Waals surface area (Å²) in [6.07, 6.45) is 0. The van der Waals surface area contributed by atoms with Gasteiger partial charge in [0.2, 0.25) is 0 Å². The van der Waals surface area contributed by atoms with Crippen LogP contribution in [-0.2, 0) is 14.3 Å². The maximum atomic E-state index is 11.7. The molecular formula is C19H20N2O5. The number of hydrogen-bond acceptors (Lipinski definition) is 5. The van der Waals surface area contributed by atoms with Crippen LogP contribution >= 0.6 is 0 Å². The number of hydrogen-bond donors (Lipinski definition) is 2. The summed E-state index contributed by atoms with van der Waals surface area (Å²) in [7, 11) is 0. The van der Waals surface area contributed by atoms with Crippen molar-refractivity contribution in [3.05, 3.63) is 65.2 Å². The van der Waals surface area contributed by atoms with E-state index in [0.717, 1.165) is 11.1 Å². The summed E-state index contributed by atoms with van der Waals surface area (Å²) in [4.78, 5) is 35.0. The molecule has 2 amide bonds. The maximum absolute atomic E-state index is 11.7. The van der Waals surface area contributed by atoms with Crippen LogP contribution in [0.25, 0.3) is 0 Å².